The Labute approximate surface area is 116 Å². The minimum Gasteiger partial charge on any atom is -0.367 e. The summed E-state index contributed by atoms with van der Waals surface area (Å²) in [5, 5.41) is 9.13. The molecule has 0 radical (unpaired) electrons. The summed E-state index contributed by atoms with van der Waals surface area (Å²) in [4.78, 5) is 24.3. The molecule has 0 saturated carbocycles. The highest BCUT2D eigenvalue weighted by Gasteiger charge is 2.15. The molecular weight excluding hydrogens is 258 g/mol. The van der Waals surface area contributed by atoms with E-state index < -0.39 is 0 Å². The number of carbonyl (C=O) groups is 1. The second kappa shape index (κ2) is 5.64. The number of aromatic amines is 1. The summed E-state index contributed by atoms with van der Waals surface area (Å²) < 4.78 is 0. The SMILES string of the molecule is CC(C)c1ncc(C(=O)NC(C)c2nc(N)n[nH]2)cn1. The minimum atomic E-state index is -0.336. The van der Waals surface area contributed by atoms with Crippen molar-refractivity contribution in [2.75, 3.05) is 5.73 Å². The third kappa shape index (κ3) is 3.08. The quantitative estimate of drug-likeness (QED) is 0.758. The first-order chi connectivity index (χ1) is 9.47. The van der Waals surface area contributed by atoms with Crippen molar-refractivity contribution >= 4 is 11.9 Å². The van der Waals surface area contributed by atoms with Gasteiger partial charge in [0.15, 0.2) is 0 Å². The van der Waals surface area contributed by atoms with Crippen LogP contribution in [0.2, 0.25) is 0 Å². The van der Waals surface area contributed by atoms with Gasteiger partial charge < -0.3 is 11.1 Å². The van der Waals surface area contributed by atoms with Gasteiger partial charge in [-0.15, -0.1) is 5.10 Å². The summed E-state index contributed by atoms with van der Waals surface area (Å²) in [6.07, 6.45) is 3.03. The Morgan fingerprint density at radius 1 is 1.30 bits per heavy atom. The number of carbonyl (C=O) groups excluding carboxylic acids is 1. The van der Waals surface area contributed by atoms with E-state index in [1.165, 1.54) is 12.4 Å². The van der Waals surface area contributed by atoms with Crippen LogP contribution in [0.5, 0.6) is 0 Å². The number of hydrogen-bond acceptors (Lipinski definition) is 6. The first-order valence-corrected chi connectivity index (χ1v) is 6.28. The Hall–Kier alpha value is -2.51. The summed E-state index contributed by atoms with van der Waals surface area (Å²) >= 11 is 0. The molecule has 0 aliphatic carbocycles. The van der Waals surface area contributed by atoms with Crippen LogP contribution in [0.1, 0.15) is 54.7 Å². The van der Waals surface area contributed by atoms with Crippen molar-refractivity contribution in [3.05, 3.63) is 29.6 Å². The van der Waals surface area contributed by atoms with Gasteiger partial charge in [0.1, 0.15) is 11.6 Å². The summed E-state index contributed by atoms with van der Waals surface area (Å²) in [5.41, 5.74) is 5.81. The van der Waals surface area contributed by atoms with Crippen LogP contribution in [0.15, 0.2) is 12.4 Å². The molecule has 0 fully saturated rings. The highest BCUT2D eigenvalue weighted by molar-refractivity contribution is 5.93. The summed E-state index contributed by atoms with van der Waals surface area (Å²) in [6, 6.07) is -0.336. The molecular formula is C12H17N7O. The average Bonchev–Trinajstić information content (AvgIpc) is 2.85. The zero-order chi connectivity index (χ0) is 14.7. The van der Waals surface area contributed by atoms with Crippen molar-refractivity contribution in [1.82, 2.24) is 30.5 Å². The van der Waals surface area contributed by atoms with E-state index in [9.17, 15) is 4.79 Å². The van der Waals surface area contributed by atoms with E-state index >= 15 is 0 Å². The molecule has 2 aromatic heterocycles. The molecule has 1 amide bonds. The van der Waals surface area contributed by atoms with Crippen molar-refractivity contribution in [2.24, 2.45) is 0 Å². The molecule has 4 N–H and O–H groups in total. The van der Waals surface area contributed by atoms with Gasteiger partial charge in [-0.25, -0.2) is 9.97 Å². The van der Waals surface area contributed by atoms with Gasteiger partial charge in [0.05, 0.1) is 11.6 Å². The van der Waals surface area contributed by atoms with E-state index in [1.807, 2.05) is 13.8 Å². The zero-order valence-electron chi connectivity index (χ0n) is 11.6. The number of nitrogens with zero attached hydrogens (tertiary/aromatic N) is 4. The van der Waals surface area contributed by atoms with E-state index in [1.54, 1.807) is 6.92 Å². The predicted molar refractivity (Wildman–Crippen MR) is 72.8 cm³/mol. The molecule has 8 nitrogen and oxygen atoms in total. The molecule has 0 spiro atoms. The molecule has 20 heavy (non-hydrogen) atoms. The maximum absolute atomic E-state index is 12.0. The topological polar surface area (TPSA) is 122 Å². The van der Waals surface area contributed by atoms with Gasteiger partial charge in [-0.3, -0.25) is 9.89 Å². The van der Waals surface area contributed by atoms with E-state index in [0.717, 1.165) is 0 Å². The predicted octanol–water partition coefficient (Wildman–Crippen LogP) is 0.791. The summed E-state index contributed by atoms with van der Waals surface area (Å²) in [6.45, 7) is 5.76. The van der Waals surface area contributed by atoms with Gasteiger partial charge in [-0.1, -0.05) is 13.8 Å². The number of nitrogen functional groups attached to an aromatic ring is 1. The molecule has 8 heteroatoms. The van der Waals surface area contributed by atoms with Crippen molar-refractivity contribution in [3.8, 4) is 0 Å². The van der Waals surface area contributed by atoms with Gasteiger partial charge in [-0.2, -0.15) is 4.98 Å². The van der Waals surface area contributed by atoms with Crippen LogP contribution in [0.4, 0.5) is 5.95 Å². The molecule has 0 aromatic carbocycles. The van der Waals surface area contributed by atoms with Gasteiger partial charge in [0.25, 0.3) is 5.91 Å². The first kappa shape index (κ1) is 13.9. The van der Waals surface area contributed by atoms with Crippen LogP contribution in [-0.4, -0.2) is 31.1 Å². The highest BCUT2D eigenvalue weighted by Crippen LogP contribution is 2.10. The molecule has 1 unspecified atom stereocenters. The Kier molecular flexibility index (Phi) is 3.92. The maximum Gasteiger partial charge on any atom is 0.254 e. The maximum atomic E-state index is 12.0. The number of amides is 1. The fraction of sp³-hybridized carbons (Fsp3) is 0.417. The second-order valence-corrected chi connectivity index (χ2v) is 4.76. The minimum absolute atomic E-state index is 0.144. The molecule has 106 valence electrons. The Bertz CT molecular complexity index is 590. The van der Waals surface area contributed by atoms with E-state index in [-0.39, 0.29) is 23.8 Å². The lowest BCUT2D eigenvalue weighted by atomic mass is 10.2. The van der Waals surface area contributed by atoms with Crippen LogP contribution in [0.3, 0.4) is 0 Å². The standard InChI is InChI=1S/C12H17N7O/c1-6(2)9-14-4-8(5-15-9)11(20)16-7(3)10-17-12(13)19-18-10/h4-7H,1-3H3,(H,16,20)(H3,13,17,18,19). The first-order valence-electron chi connectivity index (χ1n) is 6.28. The molecule has 0 bridgehead atoms. The Balaban J connectivity index is 2.04. The van der Waals surface area contributed by atoms with Crippen LogP contribution < -0.4 is 11.1 Å². The van der Waals surface area contributed by atoms with Gasteiger partial charge in [0, 0.05) is 18.3 Å². The third-order valence-corrected chi connectivity index (χ3v) is 2.73. The molecule has 2 aromatic rings. The summed E-state index contributed by atoms with van der Waals surface area (Å²) in [7, 11) is 0. The van der Waals surface area contributed by atoms with E-state index in [0.29, 0.717) is 17.2 Å². The average molecular weight is 275 g/mol. The molecule has 2 heterocycles. The van der Waals surface area contributed by atoms with Crippen molar-refractivity contribution in [3.63, 3.8) is 0 Å². The molecule has 2 rings (SSSR count). The summed E-state index contributed by atoms with van der Waals surface area (Å²) in [5.74, 6) is 1.30. The monoisotopic (exact) mass is 275 g/mol. The van der Waals surface area contributed by atoms with Gasteiger partial charge in [-0.05, 0) is 6.92 Å². The molecule has 0 aliphatic rings. The van der Waals surface area contributed by atoms with Crippen molar-refractivity contribution in [1.29, 1.82) is 0 Å². The number of nitrogens with two attached hydrogens (primary N) is 1. The number of H-pyrrole nitrogens is 1. The normalized spacial score (nSPS) is 12.4. The van der Waals surface area contributed by atoms with E-state index in [4.69, 9.17) is 5.73 Å². The van der Waals surface area contributed by atoms with Crippen LogP contribution >= 0.6 is 0 Å². The van der Waals surface area contributed by atoms with Gasteiger partial charge in [0.2, 0.25) is 5.95 Å². The Morgan fingerprint density at radius 3 is 2.45 bits per heavy atom. The highest BCUT2D eigenvalue weighted by atomic mass is 16.1. The fourth-order valence-electron chi connectivity index (χ4n) is 1.58. The lowest BCUT2D eigenvalue weighted by Gasteiger charge is -2.11. The van der Waals surface area contributed by atoms with Crippen molar-refractivity contribution < 1.29 is 4.79 Å². The largest absolute Gasteiger partial charge is 0.367 e. The molecule has 1 atom stereocenters. The lowest BCUT2D eigenvalue weighted by molar-refractivity contribution is 0.0937. The third-order valence-electron chi connectivity index (χ3n) is 2.73. The molecule has 0 aliphatic heterocycles. The van der Waals surface area contributed by atoms with Gasteiger partial charge >= 0.3 is 0 Å². The van der Waals surface area contributed by atoms with Crippen LogP contribution in [-0.2, 0) is 0 Å². The number of nitrogens with one attached hydrogen (secondary N) is 2. The number of hydrogen-bond donors (Lipinski definition) is 3. The van der Waals surface area contributed by atoms with Crippen LogP contribution in [0.25, 0.3) is 0 Å². The van der Waals surface area contributed by atoms with Crippen LogP contribution in [0, 0.1) is 0 Å². The van der Waals surface area contributed by atoms with Crippen molar-refractivity contribution in [2.45, 2.75) is 32.7 Å². The Morgan fingerprint density at radius 2 is 1.95 bits per heavy atom. The zero-order valence-corrected chi connectivity index (χ0v) is 11.6. The number of anilines is 1. The smallest absolute Gasteiger partial charge is 0.254 e. The fourth-order valence-corrected chi connectivity index (χ4v) is 1.58. The second-order valence-electron chi connectivity index (χ2n) is 4.76. The number of rotatable bonds is 4. The van der Waals surface area contributed by atoms with E-state index in [2.05, 4.69) is 30.5 Å². The lowest BCUT2D eigenvalue weighted by Crippen LogP contribution is -2.27. The number of aromatic nitrogens is 5. The molecule has 0 saturated heterocycles.